The van der Waals surface area contributed by atoms with Crippen LogP contribution < -0.4 is 5.56 Å². The van der Waals surface area contributed by atoms with Gasteiger partial charge in [-0.15, -0.1) is 0 Å². The van der Waals surface area contributed by atoms with E-state index in [1.807, 2.05) is 0 Å². The van der Waals surface area contributed by atoms with Gasteiger partial charge >= 0.3 is 0 Å². The Kier molecular flexibility index (Phi) is 3.92. The first-order chi connectivity index (χ1) is 10.7. The lowest BCUT2D eigenvalue weighted by Crippen LogP contribution is -2.37. The first kappa shape index (κ1) is 16.0. The van der Waals surface area contributed by atoms with Crippen LogP contribution in [0.15, 0.2) is 10.9 Å². The monoisotopic (exact) mass is 314 g/mol. The Morgan fingerprint density at radius 1 is 1.26 bits per heavy atom. The lowest BCUT2D eigenvalue weighted by atomic mass is 9.95. The van der Waals surface area contributed by atoms with E-state index >= 15 is 0 Å². The van der Waals surface area contributed by atoms with E-state index in [2.05, 4.69) is 55.6 Å². The molecule has 0 aromatic carbocycles. The Bertz CT molecular complexity index is 779. The van der Waals surface area contributed by atoms with Crippen LogP contribution in [0.4, 0.5) is 0 Å². The lowest BCUT2D eigenvalue weighted by molar-refractivity contribution is 0.238. The molecule has 0 amide bonds. The molecule has 2 N–H and O–H groups in total. The highest BCUT2D eigenvalue weighted by Crippen LogP contribution is 2.22. The fourth-order valence-corrected chi connectivity index (χ4v) is 3.14. The van der Waals surface area contributed by atoms with E-state index in [4.69, 9.17) is 4.98 Å². The lowest BCUT2D eigenvalue weighted by Gasteiger charge is -2.28. The smallest absolute Gasteiger partial charge is 0.255 e. The van der Waals surface area contributed by atoms with Gasteiger partial charge < -0.3 is 9.97 Å². The van der Waals surface area contributed by atoms with Crippen molar-refractivity contribution in [3.8, 4) is 0 Å². The summed E-state index contributed by atoms with van der Waals surface area (Å²) in [5.74, 6) is 0.783. The number of fused-ring (bicyclic) bond motifs is 1. The van der Waals surface area contributed by atoms with Gasteiger partial charge in [-0.25, -0.2) is 4.98 Å². The summed E-state index contributed by atoms with van der Waals surface area (Å²) in [7, 11) is 0. The molecule has 23 heavy (non-hydrogen) atoms. The molecular weight excluding hydrogens is 288 g/mol. The summed E-state index contributed by atoms with van der Waals surface area (Å²) in [5.41, 5.74) is 5.38. The maximum Gasteiger partial charge on any atom is 0.255 e. The van der Waals surface area contributed by atoms with Crippen LogP contribution in [0.3, 0.4) is 0 Å². The molecule has 2 aromatic heterocycles. The number of aromatic nitrogens is 3. The van der Waals surface area contributed by atoms with E-state index in [0.29, 0.717) is 6.54 Å². The van der Waals surface area contributed by atoms with Crippen molar-refractivity contribution >= 4 is 0 Å². The third-order valence-electron chi connectivity index (χ3n) is 4.50. The highest BCUT2D eigenvalue weighted by Gasteiger charge is 2.25. The third kappa shape index (κ3) is 3.24. The minimum Gasteiger partial charge on any atom is -0.361 e. The third-order valence-corrected chi connectivity index (χ3v) is 4.50. The van der Waals surface area contributed by atoms with Crippen molar-refractivity contribution in [1.82, 2.24) is 19.9 Å². The summed E-state index contributed by atoms with van der Waals surface area (Å²) in [4.78, 5) is 25.9. The fraction of sp³-hybridized carbons (Fsp3) is 0.556. The predicted molar refractivity (Wildman–Crippen MR) is 91.6 cm³/mol. The number of rotatable bonds is 2. The van der Waals surface area contributed by atoms with Gasteiger partial charge in [-0.05, 0) is 25.5 Å². The summed E-state index contributed by atoms with van der Waals surface area (Å²) in [6, 6.07) is 2.16. The zero-order chi connectivity index (χ0) is 16.8. The molecular formula is C18H26N4O. The second-order valence-corrected chi connectivity index (χ2v) is 7.66. The fourth-order valence-electron chi connectivity index (χ4n) is 3.14. The Morgan fingerprint density at radius 3 is 2.61 bits per heavy atom. The van der Waals surface area contributed by atoms with Gasteiger partial charge in [0.1, 0.15) is 5.82 Å². The van der Waals surface area contributed by atoms with E-state index in [1.54, 1.807) is 0 Å². The van der Waals surface area contributed by atoms with Gasteiger partial charge in [0, 0.05) is 42.9 Å². The molecule has 0 bridgehead atoms. The normalized spacial score (nSPS) is 15.7. The summed E-state index contributed by atoms with van der Waals surface area (Å²) >= 11 is 0. The van der Waals surface area contributed by atoms with Crippen molar-refractivity contribution in [3.05, 3.63) is 50.5 Å². The average Bonchev–Trinajstić information content (AvgIpc) is 2.76. The SMILES string of the molecule is Cc1cc(C)c(CN2CCc3nc(C(C)(C)C)[nH]c(=O)c3C2)[nH]1. The van der Waals surface area contributed by atoms with E-state index < -0.39 is 0 Å². The van der Waals surface area contributed by atoms with Crippen LogP contribution >= 0.6 is 0 Å². The second-order valence-electron chi connectivity index (χ2n) is 7.66. The summed E-state index contributed by atoms with van der Waals surface area (Å²) in [6.45, 7) is 12.9. The molecule has 0 radical (unpaired) electrons. The second kappa shape index (κ2) is 5.64. The molecule has 0 fully saturated rings. The van der Waals surface area contributed by atoms with Crippen molar-refractivity contribution in [1.29, 1.82) is 0 Å². The highest BCUT2D eigenvalue weighted by molar-refractivity contribution is 5.26. The van der Waals surface area contributed by atoms with Gasteiger partial charge in [-0.1, -0.05) is 20.8 Å². The zero-order valence-corrected chi connectivity index (χ0v) is 14.7. The summed E-state index contributed by atoms with van der Waals surface area (Å²) in [6.07, 6.45) is 0.834. The number of hydrogen-bond acceptors (Lipinski definition) is 3. The van der Waals surface area contributed by atoms with Gasteiger partial charge in [0.25, 0.3) is 5.56 Å². The molecule has 1 aliphatic rings. The molecule has 0 saturated carbocycles. The largest absolute Gasteiger partial charge is 0.361 e. The molecule has 1 aliphatic heterocycles. The van der Waals surface area contributed by atoms with Gasteiger partial charge in [-0.2, -0.15) is 0 Å². The maximum atomic E-state index is 12.5. The predicted octanol–water partition coefficient (Wildman–Crippen LogP) is 2.57. The molecule has 5 heteroatoms. The maximum absolute atomic E-state index is 12.5. The van der Waals surface area contributed by atoms with Crippen molar-refractivity contribution in [2.45, 2.75) is 59.5 Å². The number of aromatic amines is 2. The Morgan fingerprint density at radius 2 is 2.00 bits per heavy atom. The Hall–Kier alpha value is -1.88. The van der Waals surface area contributed by atoms with E-state index in [-0.39, 0.29) is 11.0 Å². The molecule has 3 rings (SSSR count). The van der Waals surface area contributed by atoms with Crippen LogP contribution in [0.1, 0.15) is 54.8 Å². The van der Waals surface area contributed by atoms with Crippen molar-refractivity contribution in [2.75, 3.05) is 6.54 Å². The van der Waals surface area contributed by atoms with Gasteiger partial charge in [0.15, 0.2) is 0 Å². The summed E-state index contributed by atoms with van der Waals surface area (Å²) < 4.78 is 0. The minimum atomic E-state index is -0.135. The molecule has 0 spiro atoms. The van der Waals surface area contributed by atoms with Crippen molar-refractivity contribution < 1.29 is 0 Å². The van der Waals surface area contributed by atoms with Crippen LogP contribution in [-0.4, -0.2) is 26.4 Å². The zero-order valence-electron chi connectivity index (χ0n) is 14.7. The molecule has 3 heterocycles. The number of nitrogens with zero attached hydrogens (tertiary/aromatic N) is 2. The van der Waals surface area contributed by atoms with Crippen molar-refractivity contribution in [2.24, 2.45) is 0 Å². The molecule has 2 aromatic rings. The van der Waals surface area contributed by atoms with Gasteiger partial charge in [-0.3, -0.25) is 9.69 Å². The quantitative estimate of drug-likeness (QED) is 0.895. The highest BCUT2D eigenvalue weighted by atomic mass is 16.1. The van der Waals surface area contributed by atoms with Crippen LogP contribution in [0, 0.1) is 13.8 Å². The van der Waals surface area contributed by atoms with Crippen LogP contribution in [-0.2, 0) is 24.9 Å². The molecule has 0 atom stereocenters. The Balaban J connectivity index is 1.84. The summed E-state index contributed by atoms with van der Waals surface area (Å²) in [5, 5.41) is 0. The van der Waals surface area contributed by atoms with Crippen LogP contribution in [0.25, 0.3) is 0 Å². The van der Waals surface area contributed by atoms with Crippen molar-refractivity contribution in [3.63, 3.8) is 0 Å². The van der Waals surface area contributed by atoms with Crippen LogP contribution in [0.2, 0.25) is 0 Å². The minimum absolute atomic E-state index is 0.0176. The number of hydrogen-bond donors (Lipinski definition) is 2. The number of H-pyrrole nitrogens is 2. The Labute approximate surface area is 137 Å². The van der Waals surface area contributed by atoms with E-state index in [1.165, 1.54) is 17.0 Å². The molecule has 5 nitrogen and oxygen atoms in total. The first-order valence-electron chi connectivity index (χ1n) is 8.24. The van der Waals surface area contributed by atoms with Crippen LogP contribution in [0.5, 0.6) is 0 Å². The van der Waals surface area contributed by atoms with Gasteiger partial charge in [0.05, 0.1) is 11.3 Å². The number of nitrogens with one attached hydrogen (secondary N) is 2. The number of aryl methyl sites for hydroxylation is 2. The standard InChI is InChI=1S/C18H26N4O/c1-11-8-12(2)19-15(11)10-22-7-6-14-13(9-22)16(23)21-17(20-14)18(3,4)5/h8,19H,6-7,9-10H2,1-5H3,(H,20,21,23). The molecule has 0 saturated heterocycles. The molecule has 0 aliphatic carbocycles. The first-order valence-corrected chi connectivity index (χ1v) is 8.24. The topological polar surface area (TPSA) is 64.8 Å². The van der Waals surface area contributed by atoms with E-state index in [9.17, 15) is 4.79 Å². The average molecular weight is 314 g/mol. The molecule has 0 unspecified atom stereocenters. The van der Waals surface area contributed by atoms with Gasteiger partial charge in [0.2, 0.25) is 0 Å². The molecule has 124 valence electrons. The van der Waals surface area contributed by atoms with E-state index in [0.717, 1.165) is 36.6 Å².